The molecule has 1 aromatic heterocycles. The van der Waals surface area contributed by atoms with E-state index in [1.54, 1.807) is 36.4 Å². The number of anilines is 1. The van der Waals surface area contributed by atoms with Gasteiger partial charge in [-0.2, -0.15) is 4.68 Å². The van der Waals surface area contributed by atoms with Crippen LogP contribution in [0, 0.1) is 17.0 Å². The van der Waals surface area contributed by atoms with Gasteiger partial charge in [0.05, 0.1) is 21.2 Å². The first-order chi connectivity index (χ1) is 18.7. The van der Waals surface area contributed by atoms with Gasteiger partial charge in [0, 0.05) is 11.1 Å². The van der Waals surface area contributed by atoms with Crippen LogP contribution in [0.4, 0.5) is 11.4 Å². The number of hydrogen-bond donors (Lipinski definition) is 1. The molecule has 0 bridgehead atoms. The van der Waals surface area contributed by atoms with Crippen LogP contribution < -0.4 is 10.2 Å². The molecule has 0 unspecified atom stereocenters. The van der Waals surface area contributed by atoms with E-state index in [1.807, 2.05) is 25.1 Å². The van der Waals surface area contributed by atoms with Gasteiger partial charge in [0.2, 0.25) is 5.16 Å². The molecule has 14 heteroatoms. The molecule has 0 radical (unpaired) electrons. The number of carbonyl (C=O) groups excluding carboxylic acids is 2. The number of amides is 2. The normalized spacial score (nSPS) is 14.6. The average Bonchev–Trinajstić information content (AvgIpc) is 3.37. The Labute approximate surface area is 235 Å². The number of nitro groups is 1. The fraction of sp³-hybridized carbons (Fsp3) is 0.0400. The molecule has 1 N–H and O–H groups in total. The third-order valence-electron chi connectivity index (χ3n) is 5.65. The lowest BCUT2D eigenvalue weighted by Gasteiger charge is -2.29. The lowest BCUT2D eigenvalue weighted by atomic mass is 10.1. The molecular formula is C25H16ClN7O4S2. The Balaban J connectivity index is 1.48. The highest BCUT2D eigenvalue weighted by Crippen LogP contribution is 2.35. The summed E-state index contributed by atoms with van der Waals surface area (Å²) in [5.41, 5.74) is 1.63. The number of tetrazole rings is 1. The Kier molecular flexibility index (Phi) is 7.19. The minimum absolute atomic E-state index is 0.101. The third-order valence-corrected chi connectivity index (χ3v) is 7.34. The molecule has 5 rings (SSSR count). The third kappa shape index (κ3) is 5.27. The SMILES string of the molecule is Cc1ccc(N2C(=O)/C(=C/c3ccc(Sc4nnnn4-c4ccccc4)c([N+](=O)[O-])c3)C(=O)NC2=S)cc1Cl. The number of hydrogen-bond acceptors (Lipinski definition) is 9. The maximum atomic E-state index is 13.3. The predicted octanol–water partition coefficient (Wildman–Crippen LogP) is 4.51. The number of carbonyl (C=O) groups is 2. The van der Waals surface area contributed by atoms with E-state index in [1.165, 1.54) is 22.9 Å². The van der Waals surface area contributed by atoms with Crippen LogP contribution in [0.15, 0.2) is 82.4 Å². The summed E-state index contributed by atoms with van der Waals surface area (Å²) in [4.78, 5) is 38.8. The minimum Gasteiger partial charge on any atom is -0.298 e. The van der Waals surface area contributed by atoms with Crippen molar-refractivity contribution in [1.29, 1.82) is 0 Å². The van der Waals surface area contributed by atoms with E-state index in [0.717, 1.165) is 22.2 Å². The Morgan fingerprint density at radius 1 is 1.08 bits per heavy atom. The summed E-state index contributed by atoms with van der Waals surface area (Å²) in [6.45, 7) is 1.81. The van der Waals surface area contributed by atoms with Crippen LogP contribution in [-0.4, -0.2) is 42.1 Å². The largest absolute Gasteiger partial charge is 0.298 e. The fourth-order valence-electron chi connectivity index (χ4n) is 3.70. The Morgan fingerprint density at radius 3 is 2.56 bits per heavy atom. The first kappa shape index (κ1) is 26.2. The molecule has 3 aromatic carbocycles. The van der Waals surface area contributed by atoms with E-state index in [4.69, 9.17) is 23.8 Å². The molecule has 39 heavy (non-hydrogen) atoms. The molecule has 0 atom stereocenters. The number of rotatable bonds is 6. The highest BCUT2D eigenvalue weighted by Gasteiger charge is 2.35. The van der Waals surface area contributed by atoms with Crippen molar-refractivity contribution in [2.45, 2.75) is 17.0 Å². The zero-order valence-electron chi connectivity index (χ0n) is 19.9. The molecule has 11 nitrogen and oxygen atoms in total. The van der Waals surface area contributed by atoms with E-state index < -0.39 is 16.7 Å². The van der Waals surface area contributed by atoms with Crippen LogP contribution in [0.25, 0.3) is 11.8 Å². The Hall–Kier alpha value is -4.46. The molecule has 1 aliphatic heterocycles. The quantitative estimate of drug-likeness (QED) is 0.115. The smallest absolute Gasteiger partial charge is 0.283 e. The maximum absolute atomic E-state index is 13.3. The molecule has 0 aliphatic carbocycles. The number of halogens is 1. The number of nitrogens with one attached hydrogen (secondary N) is 1. The number of aryl methyl sites for hydroxylation is 1. The summed E-state index contributed by atoms with van der Waals surface area (Å²) >= 11 is 12.4. The van der Waals surface area contributed by atoms with E-state index in [2.05, 4.69) is 20.8 Å². The summed E-state index contributed by atoms with van der Waals surface area (Å²) in [6.07, 6.45) is 1.28. The van der Waals surface area contributed by atoms with Gasteiger partial charge in [-0.25, -0.2) is 0 Å². The molecule has 194 valence electrons. The lowest BCUT2D eigenvalue weighted by Crippen LogP contribution is -2.54. The van der Waals surface area contributed by atoms with Crippen molar-refractivity contribution in [3.63, 3.8) is 0 Å². The van der Waals surface area contributed by atoms with Crippen molar-refractivity contribution in [3.05, 3.63) is 98.6 Å². The van der Waals surface area contributed by atoms with Crippen molar-refractivity contribution in [2.75, 3.05) is 4.90 Å². The van der Waals surface area contributed by atoms with E-state index >= 15 is 0 Å². The predicted molar refractivity (Wildman–Crippen MR) is 149 cm³/mol. The second kappa shape index (κ2) is 10.7. The number of benzene rings is 3. The van der Waals surface area contributed by atoms with Crippen LogP contribution >= 0.6 is 35.6 Å². The summed E-state index contributed by atoms with van der Waals surface area (Å²) in [5, 5.41) is 26.7. The highest BCUT2D eigenvalue weighted by molar-refractivity contribution is 7.99. The second-order valence-electron chi connectivity index (χ2n) is 8.19. The number of aromatic nitrogens is 4. The van der Waals surface area contributed by atoms with Gasteiger partial charge >= 0.3 is 0 Å². The molecule has 1 fully saturated rings. The van der Waals surface area contributed by atoms with Gasteiger partial charge in [-0.3, -0.25) is 29.9 Å². The molecule has 2 amide bonds. The summed E-state index contributed by atoms with van der Waals surface area (Å²) in [7, 11) is 0. The Morgan fingerprint density at radius 2 is 1.85 bits per heavy atom. The maximum Gasteiger partial charge on any atom is 0.283 e. The standard InChI is InChI=1S/C25H16ClN7O4S2/c1-14-7-9-17(13-19(14)26)31-23(35)18(22(34)27-24(31)38)11-15-8-10-21(20(12-15)33(36)37)39-25-28-29-30-32(25)16-5-3-2-4-6-16/h2-13H,1H3,(H,27,34,38)/b18-11+. The zero-order chi connectivity index (χ0) is 27.7. The van der Waals surface area contributed by atoms with Crippen LogP contribution in [0.2, 0.25) is 5.02 Å². The topological polar surface area (TPSA) is 136 Å². The van der Waals surface area contributed by atoms with Gasteiger partial charge in [-0.15, -0.1) is 5.10 Å². The van der Waals surface area contributed by atoms with Gasteiger partial charge in [0.25, 0.3) is 17.5 Å². The van der Waals surface area contributed by atoms with Crippen molar-refractivity contribution in [2.24, 2.45) is 0 Å². The van der Waals surface area contributed by atoms with E-state index in [-0.39, 0.29) is 26.8 Å². The first-order valence-electron chi connectivity index (χ1n) is 11.2. The zero-order valence-corrected chi connectivity index (χ0v) is 22.3. The van der Waals surface area contributed by atoms with Gasteiger partial charge < -0.3 is 0 Å². The van der Waals surface area contributed by atoms with Crippen LogP contribution in [0.1, 0.15) is 11.1 Å². The van der Waals surface area contributed by atoms with Gasteiger partial charge in [0.15, 0.2) is 5.11 Å². The summed E-state index contributed by atoms with van der Waals surface area (Å²) in [5.74, 6) is -1.41. The van der Waals surface area contributed by atoms with Gasteiger partial charge in [-0.1, -0.05) is 41.9 Å². The van der Waals surface area contributed by atoms with Crippen molar-refractivity contribution in [3.8, 4) is 5.69 Å². The monoisotopic (exact) mass is 577 g/mol. The number of para-hydroxylation sites is 1. The minimum atomic E-state index is -0.720. The molecular weight excluding hydrogens is 562 g/mol. The first-order valence-corrected chi connectivity index (χ1v) is 12.8. The second-order valence-corrected chi connectivity index (χ2v) is 9.99. The van der Waals surface area contributed by atoms with Crippen molar-refractivity contribution >= 4 is 70.0 Å². The lowest BCUT2D eigenvalue weighted by molar-refractivity contribution is -0.387. The van der Waals surface area contributed by atoms with Gasteiger partial charge in [-0.05, 0) is 88.9 Å². The summed E-state index contributed by atoms with van der Waals surface area (Å²) in [6, 6.07) is 18.4. The van der Waals surface area contributed by atoms with Crippen molar-refractivity contribution < 1.29 is 14.5 Å². The van der Waals surface area contributed by atoms with Crippen LogP contribution in [-0.2, 0) is 9.59 Å². The molecule has 0 saturated carbocycles. The highest BCUT2D eigenvalue weighted by atomic mass is 35.5. The van der Waals surface area contributed by atoms with Crippen LogP contribution in [0.3, 0.4) is 0 Å². The number of nitro benzene ring substituents is 1. The Bertz CT molecular complexity index is 1690. The van der Waals surface area contributed by atoms with Crippen molar-refractivity contribution in [1.82, 2.24) is 25.5 Å². The van der Waals surface area contributed by atoms with Gasteiger partial charge in [0.1, 0.15) is 5.57 Å². The summed E-state index contributed by atoms with van der Waals surface area (Å²) < 4.78 is 1.46. The average molecular weight is 578 g/mol. The molecule has 1 saturated heterocycles. The van der Waals surface area contributed by atoms with E-state index in [9.17, 15) is 19.7 Å². The molecule has 1 aliphatic rings. The van der Waals surface area contributed by atoms with E-state index in [0.29, 0.717) is 21.6 Å². The van der Waals surface area contributed by atoms with Crippen LogP contribution in [0.5, 0.6) is 0 Å². The number of thiocarbonyl (C=S) groups is 1. The molecule has 0 spiro atoms. The fourth-order valence-corrected chi connectivity index (χ4v) is 5.04. The number of nitrogens with zero attached hydrogens (tertiary/aromatic N) is 6. The molecule has 4 aromatic rings. The molecule has 2 heterocycles.